The predicted octanol–water partition coefficient (Wildman–Crippen LogP) is 10.8. The minimum absolute atomic E-state index is 0.847. The summed E-state index contributed by atoms with van der Waals surface area (Å²) in [6, 6.07) is 62.2. The smallest absolute Gasteiger partial charge is 0.121 e. The molecule has 0 bridgehead atoms. The molecule has 3 heterocycles. The summed E-state index contributed by atoms with van der Waals surface area (Å²) in [7, 11) is 0. The van der Waals surface area contributed by atoms with E-state index in [1.165, 1.54) is 32.6 Å². The van der Waals surface area contributed by atoms with E-state index in [4.69, 9.17) is 5.10 Å². The number of rotatable bonds is 5. The lowest BCUT2D eigenvalue weighted by Crippen LogP contribution is -2.00. The first-order chi connectivity index (χ1) is 24.3. The van der Waals surface area contributed by atoms with Crippen LogP contribution < -0.4 is 0 Å². The van der Waals surface area contributed by atoms with Crippen LogP contribution in [0, 0.1) is 0 Å². The van der Waals surface area contributed by atoms with Crippen molar-refractivity contribution in [1.82, 2.24) is 24.1 Å². The zero-order valence-corrected chi connectivity index (χ0v) is 26.5. The van der Waals surface area contributed by atoms with Gasteiger partial charge in [-0.25, -0.2) is 4.68 Å². The minimum atomic E-state index is 0.847. The third kappa shape index (κ3) is 4.26. The Morgan fingerprint density at radius 1 is 0.347 bits per heavy atom. The number of nitrogens with zero attached hydrogens (tertiary/aromatic N) is 5. The Morgan fingerprint density at radius 2 is 0.837 bits per heavy atom. The number of para-hydroxylation sites is 4. The lowest BCUT2D eigenvalue weighted by atomic mass is 10.0. The molecule has 0 aliphatic heterocycles. The van der Waals surface area contributed by atoms with E-state index >= 15 is 0 Å². The predicted molar refractivity (Wildman–Crippen MR) is 201 cm³/mol. The third-order valence-corrected chi connectivity index (χ3v) is 9.59. The molecule has 49 heavy (non-hydrogen) atoms. The van der Waals surface area contributed by atoms with Gasteiger partial charge in [0.1, 0.15) is 11.4 Å². The summed E-state index contributed by atoms with van der Waals surface area (Å²) in [5.41, 5.74) is 11.7. The van der Waals surface area contributed by atoms with Gasteiger partial charge in [-0.2, -0.15) is 0 Å². The molecule has 0 N–H and O–H groups in total. The zero-order valence-electron chi connectivity index (χ0n) is 26.5. The van der Waals surface area contributed by atoms with Crippen molar-refractivity contribution in [3.8, 4) is 39.6 Å². The van der Waals surface area contributed by atoms with E-state index in [-0.39, 0.29) is 0 Å². The quantitative estimate of drug-likeness (QED) is 0.190. The fourth-order valence-electron chi connectivity index (χ4n) is 7.45. The van der Waals surface area contributed by atoms with Crippen LogP contribution in [0.5, 0.6) is 0 Å². The molecule has 0 amide bonds. The van der Waals surface area contributed by atoms with Crippen molar-refractivity contribution in [2.24, 2.45) is 0 Å². The molecular weight excluding hydrogens is 599 g/mol. The van der Waals surface area contributed by atoms with Crippen LogP contribution in [0.3, 0.4) is 0 Å². The van der Waals surface area contributed by atoms with E-state index in [0.29, 0.717) is 0 Å². The van der Waals surface area contributed by atoms with Crippen LogP contribution >= 0.6 is 0 Å². The average molecular weight is 628 g/mol. The van der Waals surface area contributed by atoms with Crippen molar-refractivity contribution in [3.05, 3.63) is 176 Å². The second-order valence-corrected chi connectivity index (χ2v) is 12.4. The molecule has 5 heteroatoms. The van der Waals surface area contributed by atoms with Gasteiger partial charge in [-0.05, 0) is 54.6 Å². The van der Waals surface area contributed by atoms with E-state index in [0.717, 1.165) is 50.6 Å². The summed E-state index contributed by atoms with van der Waals surface area (Å²) < 4.78 is 6.73. The fourth-order valence-corrected chi connectivity index (χ4v) is 7.45. The summed E-state index contributed by atoms with van der Waals surface area (Å²) in [6.07, 6.45) is 0. The minimum Gasteiger partial charge on any atom is -0.309 e. The van der Waals surface area contributed by atoms with Crippen molar-refractivity contribution < 1.29 is 0 Å². The van der Waals surface area contributed by atoms with Crippen LogP contribution in [-0.4, -0.2) is 24.1 Å². The van der Waals surface area contributed by atoms with E-state index in [2.05, 4.69) is 154 Å². The van der Waals surface area contributed by atoms with Crippen LogP contribution in [0.15, 0.2) is 176 Å². The molecule has 10 rings (SSSR count). The molecule has 5 nitrogen and oxygen atoms in total. The number of fused-ring (bicyclic) bond motifs is 6. The summed E-state index contributed by atoms with van der Waals surface area (Å²) in [6.45, 7) is 0. The van der Waals surface area contributed by atoms with Gasteiger partial charge in [0.25, 0.3) is 0 Å². The normalized spacial score (nSPS) is 11.7. The van der Waals surface area contributed by atoms with Gasteiger partial charge >= 0.3 is 0 Å². The topological polar surface area (TPSA) is 40.6 Å². The molecule has 0 aliphatic carbocycles. The molecular formula is C44H29N5. The highest BCUT2D eigenvalue weighted by molar-refractivity contribution is 6.11. The van der Waals surface area contributed by atoms with Crippen molar-refractivity contribution in [2.45, 2.75) is 0 Å². The molecule has 3 aromatic heterocycles. The van der Waals surface area contributed by atoms with E-state index < -0.39 is 0 Å². The molecule has 10 aromatic rings. The Balaban J connectivity index is 1.23. The molecule has 0 atom stereocenters. The van der Waals surface area contributed by atoms with Gasteiger partial charge in [-0.1, -0.05) is 127 Å². The molecule has 0 aliphatic rings. The van der Waals surface area contributed by atoms with Gasteiger partial charge in [0.2, 0.25) is 0 Å². The van der Waals surface area contributed by atoms with Crippen molar-refractivity contribution >= 4 is 43.6 Å². The molecule has 230 valence electrons. The maximum Gasteiger partial charge on any atom is 0.121 e. The maximum atomic E-state index is 4.74. The van der Waals surface area contributed by atoms with Gasteiger partial charge in [-0.15, -0.1) is 5.10 Å². The number of hydrogen-bond acceptors (Lipinski definition) is 2. The second kappa shape index (κ2) is 10.9. The van der Waals surface area contributed by atoms with Crippen LogP contribution in [-0.2, 0) is 0 Å². The maximum absolute atomic E-state index is 4.74. The molecule has 0 unspecified atom stereocenters. The summed E-state index contributed by atoms with van der Waals surface area (Å²) in [4.78, 5) is 0. The molecule has 0 radical (unpaired) electrons. The highest BCUT2D eigenvalue weighted by atomic mass is 15.4. The standard InChI is InChI=1S/C44H29N5/c1-3-14-30(15-4-1)43-44(49(46-45-43)32-16-5-2-6-17-32)31-26-27-38-37-22-9-12-25-41(37)48(42(38)28-31)34-19-13-18-33(29-34)47-39-23-10-7-20-35(39)36-21-8-11-24-40(36)47/h1-29H. The summed E-state index contributed by atoms with van der Waals surface area (Å²) in [5.74, 6) is 0. The summed E-state index contributed by atoms with van der Waals surface area (Å²) in [5, 5.41) is 14.3. The van der Waals surface area contributed by atoms with E-state index in [9.17, 15) is 0 Å². The van der Waals surface area contributed by atoms with Crippen LogP contribution in [0.1, 0.15) is 0 Å². The van der Waals surface area contributed by atoms with Gasteiger partial charge in [0.15, 0.2) is 0 Å². The molecule has 0 fully saturated rings. The van der Waals surface area contributed by atoms with Crippen molar-refractivity contribution in [1.29, 1.82) is 0 Å². The molecule has 0 saturated carbocycles. The van der Waals surface area contributed by atoms with Crippen LogP contribution in [0.25, 0.3) is 83.2 Å². The van der Waals surface area contributed by atoms with Crippen LogP contribution in [0.2, 0.25) is 0 Å². The van der Waals surface area contributed by atoms with Crippen LogP contribution in [0.4, 0.5) is 0 Å². The Hall–Kier alpha value is -6.72. The molecule has 0 spiro atoms. The number of aromatic nitrogens is 5. The Labute approximate surface area is 282 Å². The first-order valence-electron chi connectivity index (χ1n) is 16.5. The first kappa shape index (κ1) is 27.4. The van der Waals surface area contributed by atoms with Crippen molar-refractivity contribution in [3.63, 3.8) is 0 Å². The highest BCUT2D eigenvalue weighted by Crippen LogP contribution is 2.39. The molecule has 7 aromatic carbocycles. The second-order valence-electron chi connectivity index (χ2n) is 12.4. The van der Waals surface area contributed by atoms with E-state index in [1.807, 2.05) is 41.1 Å². The zero-order chi connectivity index (χ0) is 32.3. The lowest BCUT2D eigenvalue weighted by Gasteiger charge is -2.13. The molecule has 0 saturated heterocycles. The SMILES string of the molecule is c1ccc(-c2nnn(-c3ccccc3)c2-c2ccc3c4ccccc4n(-c4cccc(-n5c6ccccc6c6ccccc65)c4)c3c2)cc1. The first-order valence-corrected chi connectivity index (χ1v) is 16.5. The monoisotopic (exact) mass is 627 g/mol. The average Bonchev–Trinajstić information content (AvgIpc) is 3.86. The number of benzene rings is 7. The van der Waals surface area contributed by atoms with Gasteiger partial charge in [0.05, 0.1) is 27.8 Å². The van der Waals surface area contributed by atoms with Crippen molar-refractivity contribution in [2.75, 3.05) is 0 Å². The largest absolute Gasteiger partial charge is 0.309 e. The Morgan fingerprint density at radius 3 is 1.45 bits per heavy atom. The number of hydrogen-bond donors (Lipinski definition) is 0. The fraction of sp³-hybridized carbons (Fsp3) is 0. The summed E-state index contributed by atoms with van der Waals surface area (Å²) >= 11 is 0. The highest BCUT2D eigenvalue weighted by Gasteiger charge is 2.21. The third-order valence-electron chi connectivity index (χ3n) is 9.59. The van der Waals surface area contributed by atoms with E-state index in [1.54, 1.807) is 0 Å². The van der Waals surface area contributed by atoms with Gasteiger partial charge < -0.3 is 9.13 Å². The van der Waals surface area contributed by atoms with Gasteiger partial charge in [-0.3, -0.25) is 0 Å². The van der Waals surface area contributed by atoms with Gasteiger partial charge in [0, 0.05) is 44.0 Å². The Kier molecular flexibility index (Phi) is 6.11. The Bertz CT molecular complexity index is 2710. The lowest BCUT2D eigenvalue weighted by molar-refractivity contribution is 0.808.